The largest absolute Gasteiger partial charge is 0.324 e. The van der Waals surface area contributed by atoms with Crippen LogP contribution in [0, 0.1) is 17.5 Å². The molecule has 0 saturated carbocycles. The fourth-order valence-electron chi connectivity index (χ4n) is 2.95. The Hall–Kier alpha value is -3.39. The standard InChI is InChI=1S/C22H20F3N3O2/c1-13(22(30)27-18-11-10-16(23)20(24)21(18)25)28(2)12-19(29)26-17-9-5-7-14-6-3-4-8-15(14)17/h3-11,13H,12H2,1-2H3,(H,26,29)(H,27,30)/t13-/m1/s1. The number of rotatable bonds is 6. The van der Waals surface area contributed by atoms with Crippen LogP contribution < -0.4 is 10.6 Å². The number of nitrogens with one attached hydrogen (secondary N) is 2. The third-order valence-corrected chi connectivity index (χ3v) is 4.79. The number of anilines is 2. The van der Waals surface area contributed by atoms with Crippen LogP contribution in [0.1, 0.15) is 6.92 Å². The molecule has 0 spiro atoms. The molecule has 0 heterocycles. The number of benzene rings is 3. The van der Waals surface area contributed by atoms with Crippen LogP contribution >= 0.6 is 0 Å². The number of nitrogens with zero attached hydrogens (tertiary/aromatic N) is 1. The molecule has 0 aromatic heterocycles. The number of amides is 2. The zero-order valence-corrected chi connectivity index (χ0v) is 16.4. The Morgan fingerprint density at radius 1 is 0.900 bits per heavy atom. The first-order valence-electron chi connectivity index (χ1n) is 9.20. The summed E-state index contributed by atoms with van der Waals surface area (Å²) < 4.78 is 40.1. The highest BCUT2D eigenvalue weighted by molar-refractivity contribution is 6.03. The summed E-state index contributed by atoms with van der Waals surface area (Å²) in [5.74, 6) is -5.50. The molecule has 0 fully saturated rings. The molecule has 3 aromatic carbocycles. The van der Waals surface area contributed by atoms with Crippen LogP contribution in [0.4, 0.5) is 24.5 Å². The Kier molecular flexibility index (Phi) is 6.37. The van der Waals surface area contributed by atoms with E-state index in [1.807, 2.05) is 36.4 Å². The number of halogens is 3. The summed E-state index contributed by atoms with van der Waals surface area (Å²) in [4.78, 5) is 26.3. The van der Waals surface area contributed by atoms with Gasteiger partial charge in [-0.25, -0.2) is 13.2 Å². The van der Waals surface area contributed by atoms with Gasteiger partial charge in [0.05, 0.1) is 18.3 Å². The van der Waals surface area contributed by atoms with Gasteiger partial charge in [0.25, 0.3) is 0 Å². The van der Waals surface area contributed by atoms with E-state index in [9.17, 15) is 22.8 Å². The summed E-state index contributed by atoms with van der Waals surface area (Å²) in [6.45, 7) is 1.40. The summed E-state index contributed by atoms with van der Waals surface area (Å²) in [6.07, 6.45) is 0. The van der Waals surface area contributed by atoms with Crippen molar-refractivity contribution in [3.05, 3.63) is 72.0 Å². The zero-order chi connectivity index (χ0) is 21.8. The van der Waals surface area contributed by atoms with Crippen molar-refractivity contribution in [3.8, 4) is 0 Å². The molecule has 1 atom stereocenters. The lowest BCUT2D eigenvalue weighted by Gasteiger charge is -2.23. The maximum absolute atomic E-state index is 13.8. The van der Waals surface area contributed by atoms with Crippen molar-refractivity contribution in [1.82, 2.24) is 4.90 Å². The first kappa shape index (κ1) is 21.3. The summed E-state index contributed by atoms with van der Waals surface area (Å²) in [6, 6.07) is 14.0. The summed E-state index contributed by atoms with van der Waals surface area (Å²) >= 11 is 0. The van der Waals surface area contributed by atoms with Crippen molar-refractivity contribution in [2.75, 3.05) is 24.2 Å². The van der Waals surface area contributed by atoms with E-state index in [2.05, 4.69) is 10.6 Å². The lowest BCUT2D eigenvalue weighted by molar-refractivity contribution is -0.122. The van der Waals surface area contributed by atoms with E-state index in [0.29, 0.717) is 5.69 Å². The Bertz CT molecular complexity index is 1100. The Morgan fingerprint density at radius 2 is 1.60 bits per heavy atom. The molecule has 156 valence electrons. The SMILES string of the molecule is C[C@H](C(=O)Nc1ccc(F)c(F)c1F)N(C)CC(=O)Nc1cccc2ccccc12. The van der Waals surface area contributed by atoms with Crippen LogP contribution in [-0.4, -0.2) is 36.3 Å². The molecule has 2 amide bonds. The summed E-state index contributed by atoms with van der Waals surface area (Å²) in [5, 5.41) is 6.89. The first-order valence-corrected chi connectivity index (χ1v) is 9.20. The second-order valence-corrected chi connectivity index (χ2v) is 6.88. The molecule has 0 unspecified atom stereocenters. The molecule has 8 heteroatoms. The maximum Gasteiger partial charge on any atom is 0.241 e. The quantitative estimate of drug-likeness (QED) is 0.595. The second-order valence-electron chi connectivity index (χ2n) is 6.88. The number of carbonyl (C=O) groups excluding carboxylic acids is 2. The normalized spacial score (nSPS) is 12.1. The van der Waals surface area contributed by atoms with E-state index in [-0.39, 0.29) is 12.5 Å². The van der Waals surface area contributed by atoms with Gasteiger partial charge < -0.3 is 10.6 Å². The molecule has 3 rings (SSSR count). The fraction of sp³-hybridized carbons (Fsp3) is 0.182. The molecule has 0 bridgehead atoms. The molecular weight excluding hydrogens is 395 g/mol. The van der Waals surface area contributed by atoms with Crippen molar-refractivity contribution < 1.29 is 22.8 Å². The Morgan fingerprint density at radius 3 is 2.37 bits per heavy atom. The van der Waals surface area contributed by atoms with E-state index >= 15 is 0 Å². The third-order valence-electron chi connectivity index (χ3n) is 4.79. The molecule has 30 heavy (non-hydrogen) atoms. The third kappa shape index (κ3) is 4.60. The smallest absolute Gasteiger partial charge is 0.241 e. The van der Waals surface area contributed by atoms with Gasteiger partial charge in [0.15, 0.2) is 17.5 Å². The number of fused-ring (bicyclic) bond motifs is 1. The van der Waals surface area contributed by atoms with Gasteiger partial charge in [-0.1, -0.05) is 36.4 Å². The second kappa shape index (κ2) is 8.96. The van der Waals surface area contributed by atoms with Crippen LogP contribution in [-0.2, 0) is 9.59 Å². The number of likely N-dealkylation sites (N-methyl/N-ethyl adjacent to an activating group) is 1. The minimum Gasteiger partial charge on any atom is -0.324 e. The lowest BCUT2D eigenvalue weighted by Crippen LogP contribution is -2.43. The van der Waals surface area contributed by atoms with Gasteiger partial charge in [-0.2, -0.15) is 0 Å². The van der Waals surface area contributed by atoms with Crippen molar-refractivity contribution in [2.24, 2.45) is 0 Å². The maximum atomic E-state index is 13.8. The van der Waals surface area contributed by atoms with Crippen molar-refractivity contribution in [2.45, 2.75) is 13.0 Å². The summed E-state index contributed by atoms with van der Waals surface area (Å²) in [5.41, 5.74) is 0.173. The van der Waals surface area contributed by atoms with E-state index in [1.165, 1.54) is 11.8 Å². The topological polar surface area (TPSA) is 61.4 Å². The van der Waals surface area contributed by atoms with Crippen LogP contribution in [0.15, 0.2) is 54.6 Å². The fourth-order valence-corrected chi connectivity index (χ4v) is 2.95. The molecule has 0 aliphatic rings. The average molecular weight is 415 g/mol. The van der Waals surface area contributed by atoms with Gasteiger partial charge in [0, 0.05) is 11.1 Å². The Labute approximate surface area is 171 Å². The average Bonchev–Trinajstić information content (AvgIpc) is 2.73. The van der Waals surface area contributed by atoms with E-state index in [0.717, 1.165) is 22.9 Å². The van der Waals surface area contributed by atoms with Crippen LogP contribution in [0.25, 0.3) is 10.8 Å². The van der Waals surface area contributed by atoms with Gasteiger partial charge >= 0.3 is 0 Å². The van der Waals surface area contributed by atoms with Crippen LogP contribution in [0.3, 0.4) is 0 Å². The van der Waals surface area contributed by atoms with Gasteiger partial charge in [0.2, 0.25) is 11.8 Å². The first-order chi connectivity index (χ1) is 14.3. The van der Waals surface area contributed by atoms with E-state index < -0.39 is 35.1 Å². The van der Waals surface area contributed by atoms with Gasteiger partial charge in [0.1, 0.15) is 0 Å². The number of hydrogen-bond donors (Lipinski definition) is 2. The van der Waals surface area contributed by atoms with Crippen molar-refractivity contribution >= 4 is 34.0 Å². The van der Waals surface area contributed by atoms with Gasteiger partial charge in [-0.15, -0.1) is 0 Å². The molecular formula is C22H20F3N3O2. The molecule has 0 saturated heterocycles. The molecule has 0 aliphatic carbocycles. The molecule has 3 aromatic rings. The predicted octanol–water partition coefficient (Wildman–Crippen LogP) is 4.15. The number of carbonyl (C=O) groups is 2. The highest BCUT2D eigenvalue weighted by Crippen LogP contribution is 2.23. The monoisotopic (exact) mass is 415 g/mol. The highest BCUT2D eigenvalue weighted by Gasteiger charge is 2.23. The van der Waals surface area contributed by atoms with Crippen molar-refractivity contribution in [3.63, 3.8) is 0 Å². The van der Waals surface area contributed by atoms with Gasteiger partial charge in [-0.05, 0) is 37.6 Å². The predicted molar refractivity (Wildman–Crippen MR) is 110 cm³/mol. The molecule has 0 aliphatic heterocycles. The van der Waals surface area contributed by atoms with E-state index in [4.69, 9.17) is 0 Å². The van der Waals surface area contributed by atoms with Crippen LogP contribution in [0.5, 0.6) is 0 Å². The zero-order valence-electron chi connectivity index (χ0n) is 16.4. The van der Waals surface area contributed by atoms with Gasteiger partial charge in [-0.3, -0.25) is 14.5 Å². The molecule has 0 radical (unpaired) electrons. The lowest BCUT2D eigenvalue weighted by atomic mass is 10.1. The minimum atomic E-state index is -1.66. The minimum absolute atomic E-state index is 0.113. The molecule has 5 nitrogen and oxygen atoms in total. The van der Waals surface area contributed by atoms with Crippen LogP contribution in [0.2, 0.25) is 0 Å². The summed E-state index contributed by atoms with van der Waals surface area (Å²) in [7, 11) is 1.55. The van der Waals surface area contributed by atoms with E-state index in [1.54, 1.807) is 13.1 Å². The van der Waals surface area contributed by atoms with Crippen molar-refractivity contribution in [1.29, 1.82) is 0 Å². The highest BCUT2D eigenvalue weighted by atomic mass is 19.2. The Balaban J connectivity index is 1.63. The number of hydrogen-bond acceptors (Lipinski definition) is 3. The molecule has 2 N–H and O–H groups in total.